The molecule has 3 heteroatoms. The maximum absolute atomic E-state index is 13.6. The number of rotatable bonds is 2. The Morgan fingerprint density at radius 1 is 1.04 bits per heavy atom. The van der Waals surface area contributed by atoms with Gasteiger partial charge in [0.05, 0.1) is 12.0 Å². The third-order valence-corrected chi connectivity index (χ3v) is 5.92. The molecule has 0 aromatic heterocycles. The molecule has 0 saturated carbocycles. The Morgan fingerprint density at radius 3 is 2.48 bits per heavy atom. The average Bonchev–Trinajstić information content (AvgIpc) is 2.66. The van der Waals surface area contributed by atoms with Crippen LogP contribution < -0.4 is 4.90 Å². The van der Waals surface area contributed by atoms with Crippen LogP contribution >= 0.6 is 0 Å². The molecule has 4 rings (SSSR count). The number of carbonyl (C=O) groups is 1. The summed E-state index contributed by atoms with van der Waals surface area (Å²) < 4.78 is 0. The van der Waals surface area contributed by atoms with Crippen LogP contribution in [0, 0.1) is 5.41 Å². The summed E-state index contributed by atoms with van der Waals surface area (Å²) in [7, 11) is 0. The fourth-order valence-corrected chi connectivity index (χ4v) is 4.40. The Labute approximate surface area is 149 Å². The molecule has 2 heterocycles. The first-order chi connectivity index (χ1) is 12.1. The van der Waals surface area contributed by atoms with Gasteiger partial charge >= 0.3 is 0 Å². The topological polar surface area (TPSA) is 32.7 Å². The van der Waals surface area contributed by atoms with Crippen molar-refractivity contribution >= 4 is 17.8 Å². The monoisotopic (exact) mass is 332 g/mol. The molecule has 0 saturated heterocycles. The van der Waals surface area contributed by atoms with Gasteiger partial charge in [-0.3, -0.25) is 9.79 Å². The number of anilines is 1. The van der Waals surface area contributed by atoms with Crippen LogP contribution in [-0.2, 0) is 16.8 Å². The molecule has 0 N–H and O–H groups in total. The third kappa shape index (κ3) is 2.33. The number of hydrogen-bond donors (Lipinski definition) is 0. The van der Waals surface area contributed by atoms with Gasteiger partial charge in [-0.15, -0.1) is 0 Å². The van der Waals surface area contributed by atoms with E-state index in [1.54, 1.807) is 0 Å². The van der Waals surface area contributed by atoms with Crippen molar-refractivity contribution in [1.29, 1.82) is 0 Å². The zero-order valence-electron chi connectivity index (χ0n) is 14.9. The summed E-state index contributed by atoms with van der Waals surface area (Å²) in [6.45, 7) is 5.64. The first kappa shape index (κ1) is 16.1. The van der Waals surface area contributed by atoms with Crippen molar-refractivity contribution in [3.8, 4) is 0 Å². The lowest BCUT2D eigenvalue weighted by Gasteiger charge is -2.52. The molecule has 0 fully saturated rings. The summed E-state index contributed by atoms with van der Waals surface area (Å²) in [4.78, 5) is 20.1. The lowest BCUT2D eigenvalue weighted by molar-refractivity contribution is -0.130. The fraction of sp³-hybridized carbons (Fsp3) is 0.364. The molecule has 0 radical (unpaired) electrons. The van der Waals surface area contributed by atoms with E-state index in [2.05, 4.69) is 55.4 Å². The van der Waals surface area contributed by atoms with Crippen LogP contribution in [0.5, 0.6) is 0 Å². The highest BCUT2D eigenvalue weighted by Gasteiger charge is 2.56. The standard InChI is InChI=1S/C22H24N2O/c1-21(2)20(25)24(15-17-9-4-3-5-10-17)19-12-7-6-11-18(19)22(21)13-8-14-23-16-22/h3-7,9-12,16H,8,13-15H2,1-2H3/t22-/m1/s1. The van der Waals surface area contributed by atoms with E-state index in [0.717, 1.165) is 30.6 Å². The molecule has 3 nitrogen and oxygen atoms in total. The van der Waals surface area contributed by atoms with E-state index in [9.17, 15) is 4.79 Å². The number of fused-ring (bicyclic) bond motifs is 2. The molecule has 1 spiro atoms. The van der Waals surface area contributed by atoms with E-state index in [4.69, 9.17) is 0 Å². The molecular weight excluding hydrogens is 308 g/mol. The Hall–Kier alpha value is -2.42. The van der Waals surface area contributed by atoms with Crippen molar-refractivity contribution in [3.05, 3.63) is 65.7 Å². The minimum absolute atomic E-state index is 0.184. The first-order valence-corrected chi connectivity index (χ1v) is 9.03. The second-order valence-electron chi connectivity index (χ2n) is 7.63. The number of nitrogens with zero attached hydrogens (tertiary/aromatic N) is 2. The quantitative estimate of drug-likeness (QED) is 0.804. The highest BCUT2D eigenvalue weighted by Crippen LogP contribution is 2.53. The SMILES string of the molecule is CC1(C)C(=O)N(Cc2ccccc2)c2ccccc2[C@@]12C=NCCC2. The summed E-state index contributed by atoms with van der Waals surface area (Å²) in [5.74, 6) is 0.184. The van der Waals surface area contributed by atoms with E-state index in [-0.39, 0.29) is 11.3 Å². The second kappa shape index (κ2) is 5.83. The van der Waals surface area contributed by atoms with Crippen molar-refractivity contribution in [2.75, 3.05) is 11.4 Å². The lowest BCUT2D eigenvalue weighted by Crippen LogP contribution is -2.59. The highest BCUT2D eigenvalue weighted by atomic mass is 16.2. The second-order valence-corrected chi connectivity index (χ2v) is 7.63. The summed E-state index contributed by atoms with van der Waals surface area (Å²) in [5.41, 5.74) is 2.60. The Bertz CT molecular complexity index is 825. The largest absolute Gasteiger partial charge is 0.307 e. The summed E-state index contributed by atoms with van der Waals surface area (Å²) in [6, 6.07) is 18.6. The molecular formula is C22H24N2O. The molecule has 2 aromatic carbocycles. The van der Waals surface area contributed by atoms with Crippen molar-refractivity contribution < 1.29 is 4.79 Å². The van der Waals surface area contributed by atoms with Crippen molar-refractivity contribution in [1.82, 2.24) is 0 Å². The highest BCUT2D eigenvalue weighted by molar-refractivity contribution is 6.06. The Kier molecular flexibility index (Phi) is 3.75. The zero-order valence-corrected chi connectivity index (χ0v) is 14.9. The molecule has 0 aliphatic carbocycles. The minimum atomic E-state index is -0.514. The van der Waals surface area contributed by atoms with Crippen molar-refractivity contribution in [3.63, 3.8) is 0 Å². The molecule has 1 atom stereocenters. The molecule has 25 heavy (non-hydrogen) atoms. The molecule has 1 amide bonds. The van der Waals surface area contributed by atoms with Crippen LogP contribution in [0.15, 0.2) is 59.6 Å². The number of carbonyl (C=O) groups excluding carboxylic acids is 1. The van der Waals surface area contributed by atoms with Crippen LogP contribution in [0.4, 0.5) is 5.69 Å². The summed E-state index contributed by atoms with van der Waals surface area (Å²) in [6.07, 6.45) is 4.07. The van der Waals surface area contributed by atoms with Crippen molar-refractivity contribution in [2.24, 2.45) is 10.4 Å². The van der Waals surface area contributed by atoms with Crippen LogP contribution in [0.3, 0.4) is 0 Å². The van der Waals surface area contributed by atoms with Crippen LogP contribution in [0.25, 0.3) is 0 Å². The fourth-order valence-electron chi connectivity index (χ4n) is 4.40. The van der Waals surface area contributed by atoms with Gasteiger partial charge in [0.1, 0.15) is 0 Å². The average molecular weight is 332 g/mol. The third-order valence-electron chi connectivity index (χ3n) is 5.92. The molecule has 2 aliphatic rings. The van der Waals surface area contributed by atoms with Gasteiger partial charge in [-0.2, -0.15) is 0 Å². The number of aliphatic imine (C=N–C) groups is 1. The number of amides is 1. The first-order valence-electron chi connectivity index (χ1n) is 9.03. The van der Waals surface area contributed by atoms with Gasteiger partial charge in [0, 0.05) is 23.9 Å². The van der Waals surface area contributed by atoms with E-state index >= 15 is 0 Å². The summed E-state index contributed by atoms with van der Waals surface area (Å²) in [5, 5.41) is 0. The molecule has 128 valence electrons. The van der Waals surface area contributed by atoms with Crippen molar-refractivity contribution in [2.45, 2.75) is 38.6 Å². The van der Waals surface area contributed by atoms with Gasteiger partial charge in [-0.05, 0) is 43.9 Å². The smallest absolute Gasteiger partial charge is 0.234 e. The summed E-state index contributed by atoms with van der Waals surface area (Å²) >= 11 is 0. The van der Waals surface area contributed by atoms with Crippen LogP contribution in [0.2, 0.25) is 0 Å². The number of benzene rings is 2. The van der Waals surface area contributed by atoms with E-state index < -0.39 is 5.41 Å². The Balaban J connectivity index is 1.87. The van der Waals surface area contributed by atoms with Crippen LogP contribution in [-0.4, -0.2) is 18.7 Å². The van der Waals surface area contributed by atoms with Gasteiger partial charge in [0.25, 0.3) is 0 Å². The number of hydrogen-bond acceptors (Lipinski definition) is 2. The predicted molar refractivity (Wildman–Crippen MR) is 102 cm³/mol. The Morgan fingerprint density at radius 2 is 1.76 bits per heavy atom. The van der Waals surface area contributed by atoms with Gasteiger partial charge in [0.15, 0.2) is 0 Å². The van der Waals surface area contributed by atoms with Gasteiger partial charge in [0.2, 0.25) is 5.91 Å². The van der Waals surface area contributed by atoms with Gasteiger partial charge in [-0.25, -0.2) is 0 Å². The number of para-hydroxylation sites is 1. The molecule has 0 bridgehead atoms. The van der Waals surface area contributed by atoms with E-state index in [1.165, 1.54) is 5.56 Å². The van der Waals surface area contributed by atoms with Gasteiger partial charge in [-0.1, -0.05) is 48.5 Å². The molecule has 2 aromatic rings. The lowest BCUT2D eigenvalue weighted by atomic mass is 9.56. The van der Waals surface area contributed by atoms with E-state index in [1.807, 2.05) is 29.2 Å². The predicted octanol–water partition coefficient (Wildman–Crippen LogP) is 4.36. The van der Waals surface area contributed by atoms with Crippen LogP contribution in [0.1, 0.15) is 37.8 Å². The molecule has 2 aliphatic heterocycles. The maximum atomic E-state index is 13.6. The van der Waals surface area contributed by atoms with E-state index in [0.29, 0.717) is 6.54 Å². The molecule has 0 unspecified atom stereocenters. The minimum Gasteiger partial charge on any atom is -0.307 e. The normalized spacial score (nSPS) is 24.4. The zero-order chi connectivity index (χ0) is 17.5. The maximum Gasteiger partial charge on any atom is 0.234 e. The van der Waals surface area contributed by atoms with Gasteiger partial charge < -0.3 is 4.90 Å².